The number of para-hydroxylation sites is 1. The molecule has 1 aromatic carbocycles. The van der Waals surface area contributed by atoms with E-state index in [1.807, 2.05) is 30.3 Å². The van der Waals surface area contributed by atoms with Crippen LogP contribution in [0, 0.1) is 11.8 Å². The van der Waals surface area contributed by atoms with E-state index in [-0.39, 0.29) is 18.6 Å². The van der Waals surface area contributed by atoms with Gasteiger partial charge >= 0.3 is 5.97 Å². The van der Waals surface area contributed by atoms with E-state index >= 15 is 0 Å². The predicted octanol–water partition coefficient (Wildman–Crippen LogP) is 3.30. The number of nitrogens with zero attached hydrogens (tertiary/aromatic N) is 2. The van der Waals surface area contributed by atoms with Crippen LogP contribution < -0.4 is 10.2 Å². The lowest BCUT2D eigenvalue weighted by atomic mass is 10.1. The summed E-state index contributed by atoms with van der Waals surface area (Å²) in [4.78, 5) is 32.2. The van der Waals surface area contributed by atoms with Gasteiger partial charge in [0.1, 0.15) is 11.4 Å². The number of carbonyl (C=O) groups excluding carboxylic acids is 2. The monoisotopic (exact) mass is 393 g/mol. The number of benzene rings is 1. The fourth-order valence-electron chi connectivity index (χ4n) is 4.39. The van der Waals surface area contributed by atoms with Crippen LogP contribution in [-0.4, -0.2) is 42.6 Å². The first-order chi connectivity index (χ1) is 14.2. The maximum atomic E-state index is 12.9. The van der Waals surface area contributed by atoms with E-state index in [1.54, 1.807) is 0 Å². The summed E-state index contributed by atoms with van der Waals surface area (Å²) >= 11 is 0. The highest BCUT2D eigenvalue weighted by atomic mass is 16.5. The van der Waals surface area contributed by atoms with Crippen molar-refractivity contribution in [3.8, 4) is 0 Å². The topological polar surface area (TPSA) is 71.5 Å². The van der Waals surface area contributed by atoms with Gasteiger partial charge in [0.05, 0.1) is 5.52 Å². The molecule has 2 aromatic rings. The van der Waals surface area contributed by atoms with Crippen molar-refractivity contribution in [3.05, 3.63) is 35.9 Å². The van der Waals surface area contributed by atoms with Gasteiger partial charge in [0.25, 0.3) is 5.91 Å². The normalized spacial score (nSPS) is 19.0. The molecule has 6 nitrogen and oxygen atoms in total. The highest BCUT2D eigenvalue weighted by Crippen LogP contribution is 2.44. The zero-order valence-electron chi connectivity index (χ0n) is 16.6. The van der Waals surface area contributed by atoms with Gasteiger partial charge in [-0.05, 0) is 62.5 Å². The largest absolute Gasteiger partial charge is 0.452 e. The van der Waals surface area contributed by atoms with Crippen molar-refractivity contribution in [1.29, 1.82) is 0 Å². The second-order valence-electron chi connectivity index (χ2n) is 8.59. The first-order valence-corrected chi connectivity index (χ1v) is 10.8. The van der Waals surface area contributed by atoms with Crippen LogP contribution in [0.1, 0.15) is 48.9 Å². The summed E-state index contributed by atoms with van der Waals surface area (Å²) in [6.45, 7) is 1.54. The van der Waals surface area contributed by atoms with Gasteiger partial charge in [-0.2, -0.15) is 0 Å². The number of hydrogen-bond acceptors (Lipinski definition) is 5. The van der Waals surface area contributed by atoms with E-state index in [1.165, 1.54) is 25.7 Å². The molecule has 152 valence electrons. The molecule has 2 saturated carbocycles. The zero-order valence-corrected chi connectivity index (χ0v) is 16.6. The second kappa shape index (κ2) is 7.65. The Kier molecular flexibility index (Phi) is 4.86. The van der Waals surface area contributed by atoms with Crippen molar-refractivity contribution in [2.45, 2.75) is 44.6 Å². The molecule has 0 atom stereocenters. The third kappa shape index (κ3) is 4.07. The molecule has 29 heavy (non-hydrogen) atoms. The molecule has 5 rings (SSSR count). The van der Waals surface area contributed by atoms with Crippen LogP contribution in [0.5, 0.6) is 0 Å². The van der Waals surface area contributed by atoms with Gasteiger partial charge in [0, 0.05) is 24.5 Å². The molecular weight excluding hydrogens is 366 g/mol. The minimum atomic E-state index is -0.477. The number of rotatable bonds is 7. The fourth-order valence-corrected chi connectivity index (χ4v) is 4.39. The van der Waals surface area contributed by atoms with Crippen LogP contribution in [0.2, 0.25) is 0 Å². The van der Waals surface area contributed by atoms with Crippen molar-refractivity contribution >= 4 is 28.6 Å². The van der Waals surface area contributed by atoms with Crippen LogP contribution >= 0.6 is 0 Å². The molecule has 1 saturated heterocycles. The van der Waals surface area contributed by atoms with Crippen molar-refractivity contribution in [2.24, 2.45) is 11.8 Å². The van der Waals surface area contributed by atoms with Crippen LogP contribution in [0.25, 0.3) is 10.9 Å². The van der Waals surface area contributed by atoms with Crippen molar-refractivity contribution < 1.29 is 14.3 Å². The molecule has 2 heterocycles. The number of esters is 1. The van der Waals surface area contributed by atoms with Gasteiger partial charge in [-0.3, -0.25) is 4.79 Å². The molecule has 1 amide bonds. The third-order valence-corrected chi connectivity index (χ3v) is 6.25. The highest BCUT2D eigenvalue weighted by molar-refractivity contribution is 6.00. The maximum Gasteiger partial charge on any atom is 0.342 e. The molecule has 1 aliphatic heterocycles. The molecule has 2 aliphatic carbocycles. The molecule has 1 N–H and O–H groups in total. The number of hydrogen-bond donors (Lipinski definition) is 1. The van der Waals surface area contributed by atoms with Crippen molar-refractivity contribution in [3.63, 3.8) is 0 Å². The Balaban J connectivity index is 1.30. The van der Waals surface area contributed by atoms with E-state index in [9.17, 15) is 9.59 Å². The number of carbonyl (C=O) groups is 2. The number of nitrogens with one attached hydrogen (secondary N) is 1. The van der Waals surface area contributed by atoms with Gasteiger partial charge in [-0.1, -0.05) is 18.2 Å². The Labute approximate surface area is 170 Å². The number of pyridine rings is 1. The molecule has 0 spiro atoms. The Morgan fingerprint density at radius 2 is 1.79 bits per heavy atom. The summed E-state index contributed by atoms with van der Waals surface area (Å²) in [5.41, 5.74) is 1.31. The molecule has 3 fully saturated rings. The van der Waals surface area contributed by atoms with E-state index in [0.717, 1.165) is 36.8 Å². The third-order valence-electron chi connectivity index (χ3n) is 6.25. The van der Waals surface area contributed by atoms with Crippen LogP contribution in [0.15, 0.2) is 30.3 Å². The minimum absolute atomic E-state index is 0.196. The van der Waals surface area contributed by atoms with Crippen LogP contribution in [-0.2, 0) is 9.53 Å². The SMILES string of the molecule is O=C(COC(=O)c1cc2ccccc2nc1N1CCCC1)NC(C1CC1)C1CC1. The Bertz CT molecular complexity index is 918. The summed E-state index contributed by atoms with van der Waals surface area (Å²) in [6.07, 6.45) is 6.98. The van der Waals surface area contributed by atoms with E-state index < -0.39 is 5.97 Å². The van der Waals surface area contributed by atoms with Gasteiger partial charge in [0.2, 0.25) is 0 Å². The summed E-state index contributed by atoms with van der Waals surface area (Å²) in [5, 5.41) is 4.00. The maximum absolute atomic E-state index is 12.9. The molecule has 3 aliphatic rings. The first kappa shape index (κ1) is 18.4. The molecule has 6 heteroatoms. The van der Waals surface area contributed by atoms with Crippen molar-refractivity contribution in [2.75, 3.05) is 24.6 Å². The van der Waals surface area contributed by atoms with Gasteiger partial charge in [-0.25, -0.2) is 9.78 Å². The summed E-state index contributed by atoms with van der Waals surface area (Å²) in [7, 11) is 0. The number of amides is 1. The summed E-state index contributed by atoms with van der Waals surface area (Å²) in [6, 6.07) is 9.87. The molecule has 0 radical (unpaired) electrons. The van der Waals surface area contributed by atoms with E-state index in [0.29, 0.717) is 23.2 Å². The van der Waals surface area contributed by atoms with Gasteiger partial charge < -0.3 is 15.0 Å². The Morgan fingerprint density at radius 3 is 2.48 bits per heavy atom. The minimum Gasteiger partial charge on any atom is -0.452 e. The Morgan fingerprint density at radius 1 is 1.10 bits per heavy atom. The lowest BCUT2D eigenvalue weighted by Gasteiger charge is -2.20. The van der Waals surface area contributed by atoms with Gasteiger partial charge in [-0.15, -0.1) is 0 Å². The zero-order chi connectivity index (χ0) is 19.8. The molecule has 0 bridgehead atoms. The fraction of sp³-hybridized carbons (Fsp3) is 0.522. The number of fused-ring (bicyclic) bond motifs is 1. The average Bonchev–Trinajstić information content (AvgIpc) is 3.68. The Hall–Kier alpha value is -2.63. The van der Waals surface area contributed by atoms with E-state index in [4.69, 9.17) is 9.72 Å². The quantitative estimate of drug-likeness (QED) is 0.731. The number of anilines is 1. The molecule has 0 unspecified atom stereocenters. The van der Waals surface area contributed by atoms with Crippen LogP contribution in [0.4, 0.5) is 5.82 Å². The lowest BCUT2D eigenvalue weighted by Crippen LogP contribution is -2.40. The number of aromatic nitrogens is 1. The lowest BCUT2D eigenvalue weighted by molar-refractivity contribution is -0.125. The smallest absolute Gasteiger partial charge is 0.342 e. The van der Waals surface area contributed by atoms with Gasteiger partial charge in [0.15, 0.2) is 6.61 Å². The average molecular weight is 393 g/mol. The molecular formula is C23H27N3O3. The molecule has 1 aromatic heterocycles. The van der Waals surface area contributed by atoms with E-state index in [2.05, 4.69) is 10.2 Å². The first-order valence-electron chi connectivity index (χ1n) is 10.8. The number of ether oxygens (including phenoxy) is 1. The van der Waals surface area contributed by atoms with Crippen molar-refractivity contribution in [1.82, 2.24) is 10.3 Å². The highest BCUT2D eigenvalue weighted by Gasteiger charge is 2.42. The summed E-state index contributed by atoms with van der Waals surface area (Å²) in [5.74, 6) is 1.23. The predicted molar refractivity (Wildman–Crippen MR) is 111 cm³/mol. The standard InChI is InChI=1S/C23H27N3O3/c27-20(25-21(15-7-8-15)16-9-10-16)14-29-23(28)18-13-17-5-1-2-6-19(17)24-22(18)26-11-3-4-12-26/h1-2,5-6,13,15-16,21H,3-4,7-12,14H2,(H,25,27). The van der Waals surface area contributed by atoms with Crippen LogP contribution in [0.3, 0.4) is 0 Å². The second-order valence-corrected chi connectivity index (χ2v) is 8.59. The summed E-state index contributed by atoms with van der Waals surface area (Å²) < 4.78 is 5.42.